The highest BCUT2D eigenvalue weighted by atomic mass is 127. The number of hydrogen-bond donors (Lipinski definition) is 1. The lowest BCUT2D eigenvalue weighted by atomic mass is 9.99. The number of hydrogen-bond acceptors (Lipinski definition) is 3. The summed E-state index contributed by atoms with van der Waals surface area (Å²) in [6.07, 6.45) is 4.97. The molecule has 0 spiro atoms. The van der Waals surface area contributed by atoms with Crippen molar-refractivity contribution in [1.29, 1.82) is 0 Å². The topological polar surface area (TPSA) is 24.9 Å². The van der Waals surface area contributed by atoms with E-state index in [0.29, 0.717) is 0 Å². The minimum atomic E-state index is 0.262. The van der Waals surface area contributed by atoms with E-state index in [9.17, 15) is 0 Å². The number of nitrogens with zero attached hydrogens (tertiary/aromatic N) is 1. The minimum absolute atomic E-state index is 0.262. The molecule has 0 aliphatic rings. The van der Waals surface area contributed by atoms with Crippen LogP contribution in [-0.2, 0) is 0 Å². The molecule has 2 nitrogen and oxygen atoms in total. The Bertz CT molecular complexity index is 510. The quantitative estimate of drug-likeness (QED) is 0.798. The summed E-state index contributed by atoms with van der Waals surface area (Å²) in [6.45, 7) is 5.36. The predicted molar refractivity (Wildman–Crippen MR) is 86.1 cm³/mol. The monoisotopic (exact) mass is 372 g/mol. The molecular weight excluding hydrogens is 355 g/mol. The predicted octanol–water partition coefficient (Wildman–Crippen LogP) is 4.15. The van der Waals surface area contributed by atoms with E-state index >= 15 is 0 Å². The van der Waals surface area contributed by atoms with Gasteiger partial charge in [-0.15, -0.1) is 11.3 Å². The first-order valence-corrected chi connectivity index (χ1v) is 8.06. The zero-order valence-electron chi connectivity index (χ0n) is 10.6. The molecule has 0 radical (unpaired) electrons. The molecule has 1 unspecified atom stereocenters. The van der Waals surface area contributed by atoms with Gasteiger partial charge in [0.05, 0.1) is 8.93 Å². The summed E-state index contributed by atoms with van der Waals surface area (Å²) in [5.41, 5.74) is 3.91. The van der Waals surface area contributed by atoms with E-state index in [1.165, 1.54) is 19.6 Å². The van der Waals surface area contributed by atoms with Gasteiger partial charge in [0.1, 0.15) is 0 Å². The first-order chi connectivity index (χ1) is 8.72. The maximum atomic E-state index is 4.27. The third kappa shape index (κ3) is 3.30. The van der Waals surface area contributed by atoms with Gasteiger partial charge in [0.2, 0.25) is 0 Å². The van der Waals surface area contributed by atoms with Crippen molar-refractivity contribution in [2.75, 3.05) is 6.54 Å². The molecule has 1 N–H and O–H groups in total. The van der Waals surface area contributed by atoms with E-state index in [1.807, 2.05) is 12.4 Å². The van der Waals surface area contributed by atoms with E-state index in [1.54, 1.807) is 11.3 Å². The summed E-state index contributed by atoms with van der Waals surface area (Å²) < 4.78 is 1.33. The van der Waals surface area contributed by atoms with Crippen molar-refractivity contribution in [2.24, 2.45) is 0 Å². The molecule has 0 aliphatic heterocycles. The van der Waals surface area contributed by atoms with Crippen LogP contribution < -0.4 is 5.32 Å². The number of rotatable bonds is 5. The minimum Gasteiger partial charge on any atom is -0.306 e. The number of nitrogens with one attached hydrogen (secondary N) is 1. The largest absolute Gasteiger partial charge is 0.306 e. The highest BCUT2D eigenvalue weighted by Gasteiger charge is 2.16. The van der Waals surface area contributed by atoms with Crippen LogP contribution in [0, 0.1) is 9.81 Å². The Labute approximate surface area is 126 Å². The molecular formula is C14H17IN2S. The smallest absolute Gasteiger partial charge is 0.0656 e. The molecule has 96 valence electrons. The van der Waals surface area contributed by atoms with Gasteiger partial charge in [0, 0.05) is 12.4 Å². The van der Waals surface area contributed by atoms with Crippen LogP contribution in [0.5, 0.6) is 0 Å². The van der Waals surface area contributed by atoms with Crippen LogP contribution >= 0.6 is 33.9 Å². The van der Waals surface area contributed by atoms with Crippen LogP contribution in [0.3, 0.4) is 0 Å². The van der Waals surface area contributed by atoms with Crippen LogP contribution in [-0.4, -0.2) is 11.5 Å². The van der Waals surface area contributed by atoms with Crippen molar-refractivity contribution < 1.29 is 0 Å². The van der Waals surface area contributed by atoms with E-state index in [4.69, 9.17) is 0 Å². The molecule has 0 fully saturated rings. The molecule has 0 aromatic carbocycles. The van der Waals surface area contributed by atoms with Crippen LogP contribution in [0.4, 0.5) is 0 Å². The maximum absolute atomic E-state index is 4.27. The maximum Gasteiger partial charge on any atom is 0.0656 e. The molecule has 0 bridgehead atoms. The summed E-state index contributed by atoms with van der Waals surface area (Å²) in [7, 11) is 0. The number of pyridine rings is 1. The molecule has 18 heavy (non-hydrogen) atoms. The molecule has 4 heteroatoms. The first kappa shape index (κ1) is 14.0. The molecule has 2 heterocycles. The highest BCUT2D eigenvalue weighted by Crippen LogP contribution is 2.28. The van der Waals surface area contributed by atoms with Gasteiger partial charge in [-0.2, -0.15) is 0 Å². The summed E-state index contributed by atoms with van der Waals surface area (Å²) in [6, 6.07) is 4.59. The Hall–Kier alpha value is -0.460. The van der Waals surface area contributed by atoms with Crippen molar-refractivity contribution in [3.05, 3.63) is 49.5 Å². The lowest BCUT2D eigenvalue weighted by molar-refractivity contribution is 0.596. The Kier molecular flexibility index (Phi) is 5.14. The van der Waals surface area contributed by atoms with Crippen LogP contribution in [0.1, 0.15) is 36.1 Å². The summed E-state index contributed by atoms with van der Waals surface area (Å²) in [4.78, 5) is 4.27. The molecule has 0 amide bonds. The van der Waals surface area contributed by atoms with Gasteiger partial charge in [-0.1, -0.05) is 6.92 Å². The Balaban J connectivity index is 2.33. The molecule has 2 aromatic rings. The fraction of sp³-hybridized carbons (Fsp3) is 0.357. The second kappa shape index (κ2) is 6.63. The van der Waals surface area contributed by atoms with E-state index in [-0.39, 0.29) is 6.04 Å². The lowest BCUT2D eigenvalue weighted by Crippen LogP contribution is -2.23. The summed E-state index contributed by atoms with van der Waals surface area (Å²) in [5, 5.41) is 5.86. The fourth-order valence-electron chi connectivity index (χ4n) is 1.95. The first-order valence-electron chi connectivity index (χ1n) is 6.10. The van der Waals surface area contributed by atoms with Gasteiger partial charge in [0.25, 0.3) is 0 Å². The SMILES string of the molecule is CCCNC(c1csc(I)c1)c1cnccc1C. The standard InChI is InChI=1S/C14H17IN2S/c1-3-5-17-14(11-7-13(15)18-9-11)12-8-16-6-4-10(12)2/h4,6-9,14,17H,3,5H2,1-2H3. The molecule has 2 aromatic heterocycles. The van der Waals surface area contributed by atoms with Gasteiger partial charge in [-0.3, -0.25) is 4.98 Å². The van der Waals surface area contributed by atoms with Crippen molar-refractivity contribution in [3.8, 4) is 0 Å². The van der Waals surface area contributed by atoms with Crippen molar-refractivity contribution in [1.82, 2.24) is 10.3 Å². The van der Waals surface area contributed by atoms with Gasteiger partial charge < -0.3 is 5.32 Å². The molecule has 0 saturated heterocycles. The van der Waals surface area contributed by atoms with Gasteiger partial charge in [-0.25, -0.2) is 0 Å². The average Bonchev–Trinajstić information content (AvgIpc) is 2.78. The third-order valence-electron chi connectivity index (χ3n) is 2.91. The highest BCUT2D eigenvalue weighted by molar-refractivity contribution is 14.1. The Morgan fingerprint density at radius 1 is 1.50 bits per heavy atom. The van der Waals surface area contributed by atoms with Crippen molar-refractivity contribution in [2.45, 2.75) is 26.3 Å². The number of halogens is 1. The second-order valence-corrected chi connectivity index (χ2v) is 7.11. The van der Waals surface area contributed by atoms with Crippen molar-refractivity contribution in [3.63, 3.8) is 0 Å². The van der Waals surface area contributed by atoms with Gasteiger partial charge >= 0.3 is 0 Å². The van der Waals surface area contributed by atoms with Crippen LogP contribution in [0.25, 0.3) is 0 Å². The molecule has 2 rings (SSSR count). The average molecular weight is 372 g/mol. The summed E-state index contributed by atoms with van der Waals surface area (Å²) >= 11 is 4.17. The van der Waals surface area contributed by atoms with E-state index < -0.39 is 0 Å². The Morgan fingerprint density at radius 3 is 2.94 bits per heavy atom. The molecule has 0 aliphatic carbocycles. The number of thiophene rings is 1. The van der Waals surface area contributed by atoms with Crippen LogP contribution in [0.15, 0.2) is 29.9 Å². The number of aromatic nitrogens is 1. The van der Waals surface area contributed by atoms with Gasteiger partial charge in [-0.05, 0) is 76.7 Å². The van der Waals surface area contributed by atoms with E-state index in [0.717, 1.165) is 13.0 Å². The zero-order chi connectivity index (χ0) is 13.0. The second-order valence-electron chi connectivity index (χ2n) is 4.30. The van der Waals surface area contributed by atoms with E-state index in [2.05, 4.69) is 64.3 Å². The lowest BCUT2D eigenvalue weighted by Gasteiger charge is -2.19. The third-order valence-corrected chi connectivity index (χ3v) is 4.72. The van der Waals surface area contributed by atoms with Crippen molar-refractivity contribution >= 4 is 33.9 Å². The zero-order valence-corrected chi connectivity index (χ0v) is 13.6. The number of aryl methyl sites for hydroxylation is 1. The van der Waals surface area contributed by atoms with Crippen LogP contribution in [0.2, 0.25) is 0 Å². The van der Waals surface area contributed by atoms with Gasteiger partial charge in [0.15, 0.2) is 0 Å². The Morgan fingerprint density at radius 2 is 2.33 bits per heavy atom. The normalized spacial score (nSPS) is 12.6. The fourth-order valence-corrected chi connectivity index (χ4v) is 3.35. The molecule has 0 saturated carbocycles. The molecule has 1 atom stereocenters. The summed E-state index contributed by atoms with van der Waals surface area (Å²) in [5.74, 6) is 0.